The molecule has 3 aromatic rings. The van der Waals surface area contributed by atoms with Crippen LogP contribution in [0.25, 0.3) is 5.69 Å². The highest BCUT2D eigenvalue weighted by Gasteiger charge is 2.20. The molecule has 0 aliphatic rings. The standard InChI is InChI=1S/C21H20ClF2N3O/c1-12-20(22)14(3)27(25-12)17-8-5-15(6-9-17)21(28)26(4)13(2)16-7-10-18(23)19(24)11-16/h5-11,13H,1-4H3. The summed E-state index contributed by atoms with van der Waals surface area (Å²) in [4.78, 5) is 14.3. The Morgan fingerprint density at radius 2 is 1.75 bits per heavy atom. The monoisotopic (exact) mass is 403 g/mol. The van der Waals surface area contributed by atoms with Crippen LogP contribution in [0.4, 0.5) is 8.78 Å². The van der Waals surface area contributed by atoms with Crippen LogP contribution in [0.5, 0.6) is 0 Å². The lowest BCUT2D eigenvalue weighted by atomic mass is 10.1. The van der Waals surface area contributed by atoms with E-state index in [-0.39, 0.29) is 5.91 Å². The number of carbonyl (C=O) groups is 1. The van der Waals surface area contributed by atoms with Crippen molar-refractivity contribution in [3.63, 3.8) is 0 Å². The third-order valence-corrected chi connectivity index (χ3v) is 5.44. The van der Waals surface area contributed by atoms with E-state index in [2.05, 4.69) is 5.10 Å². The molecule has 0 saturated heterocycles. The molecule has 0 radical (unpaired) electrons. The summed E-state index contributed by atoms with van der Waals surface area (Å²) in [6, 6.07) is 10.2. The maximum absolute atomic E-state index is 13.5. The molecule has 1 amide bonds. The second kappa shape index (κ2) is 7.72. The van der Waals surface area contributed by atoms with Crippen molar-refractivity contribution in [1.29, 1.82) is 0 Å². The van der Waals surface area contributed by atoms with Crippen molar-refractivity contribution in [2.24, 2.45) is 0 Å². The van der Waals surface area contributed by atoms with E-state index >= 15 is 0 Å². The number of hydrogen-bond donors (Lipinski definition) is 0. The SMILES string of the molecule is Cc1nn(-c2ccc(C(=O)N(C)C(C)c3ccc(F)c(F)c3)cc2)c(C)c1Cl. The average Bonchev–Trinajstić information content (AvgIpc) is 2.96. The van der Waals surface area contributed by atoms with Gasteiger partial charge in [0.2, 0.25) is 0 Å². The van der Waals surface area contributed by atoms with Gasteiger partial charge in [-0.3, -0.25) is 4.79 Å². The van der Waals surface area contributed by atoms with E-state index in [1.54, 1.807) is 42.9 Å². The molecule has 7 heteroatoms. The van der Waals surface area contributed by atoms with E-state index in [4.69, 9.17) is 11.6 Å². The summed E-state index contributed by atoms with van der Waals surface area (Å²) >= 11 is 6.19. The lowest BCUT2D eigenvalue weighted by molar-refractivity contribution is 0.0742. The number of amides is 1. The first kappa shape index (κ1) is 20.0. The van der Waals surface area contributed by atoms with Gasteiger partial charge in [0, 0.05) is 12.6 Å². The van der Waals surface area contributed by atoms with Crippen LogP contribution >= 0.6 is 11.6 Å². The summed E-state index contributed by atoms with van der Waals surface area (Å²) in [6.45, 7) is 5.47. The quantitative estimate of drug-likeness (QED) is 0.596. The van der Waals surface area contributed by atoms with Crippen molar-refractivity contribution in [2.75, 3.05) is 7.05 Å². The molecule has 0 N–H and O–H groups in total. The van der Waals surface area contributed by atoms with Crippen molar-refractivity contribution in [2.45, 2.75) is 26.8 Å². The van der Waals surface area contributed by atoms with Gasteiger partial charge in [-0.2, -0.15) is 5.10 Å². The Kier molecular flexibility index (Phi) is 5.52. The molecule has 0 aliphatic carbocycles. The van der Waals surface area contributed by atoms with Gasteiger partial charge in [-0.05, 0) is 62.7 Å². The Morgan fingerprint density at radius 3 is 2.29 bits per heavy atom. The van der Waals surface area contributed by atoms with E-state index in [1.165, 1.54) is 11.0 Å². The molecule has 2 aromatic carbocycles. The van der Waals surface area contributed by atoms with Gasteiger partial charge in [0.15, 0.2) is 11.6 Å². The fraction of sp³-hybridized carbons (Fsp3) is 0.238. The predicted molar refractivity (Wildman–Crippen MR) is 105 cm³/mol. The molecule has 1 unspecified atom stereocenters. The Hall–Kier alpha value is -2.73. The summed E-state index contributed by atoms with van der Waals surface area (Å²) in [5.41, 5.74) is 3.35. The summed E-state index contributed by atoms with van der Waals surface area (Å²) in [5.74, 6) is -2.07. The van der Waals surface area contributed by atoms with Crippen molar-refractivity contribution >= 4 is 17.5 Å². The van der Waals surface area contributed by atoms with Crippen LogP contribution in [0.2, 0.25) is 5.02 Å². The number of carbonyl (C=O) groups excluding carboxylic acids is 1. The first-order valence-electron chi connectivity index (χ1n) is 8.75. The molecule has 4 nitrogen and oxygen atoms in total. The first-order chi connectivity index (χ1) is 13.2. The van der Waals surface area contributed by atoms with Gasteiger partial charge in [0.05, 0.1) is 28.1 Å². The number of nitrogens with zero attached hydrogens (tertiary/aromatic N) is 3. The zero-order chi connectivity index (χ0) is 20.6. The Bertz CT molecular complexity index is 1030. The van der Waals surface area contributed by atoms with Crippen molar-refractivity contribution in [3.05, 3.63) is 81.6 Å². The molecule has 1 heterocycles. The molecule has 0 aliphatic heterocycles. The van der Waals surface area contributed by atoms with E-state index in [0.717, 1.165) is 29.2 Å². The Labute approximate surface area is 167 Å². The van der Waals surface area contributed by atoms with Crippen LogP contribution in [0.1, 0.15) is 40.3 Å². The Morgan fingerprint density at radius 1 is 1.11 bits per heavy atom. The van der Waals surface area contributed by atoms with E-state index in [1.807, 2.05) is 13.8 Å². The van der Waals surface area contributed by atoms with Crippen LogP contribution in [0.15, 0.2) is 42.5 Å². The summed E-state index contributed by atoms with van der Waals surface area (Å²) in [6.07, 6.45) is 0. The second-order valence-electron chi connectivity index (χ2n) is 6.71. The van der Waals surface area contributed by atoms with Crippen LogP contribution in [-0.2, 0) is 0 Å². The maximum atomic E-state index is 13.5. The zero-order valence-corrected chi connectivity index (χ0v) is 16.8. The van der Waals surface area contributed by atoms with Gasteiger partial charge < -0.3 is 4.90 Å². The molecule has 1 atom stereocenters. The normalized spacial score (nSPS) is 12.1. The van der Waals surface area contributed by atoms with E-state index in [0.29, 0.717) is 16.1 Å². The van der Waals surface area contributed by atoms with Gasteiger partial charge in [0.1, 0.15) is 0 Å². The minimum atomic E-state index is -0.932. The highest BCUT2D eigenvalue weighted by atomic mass is 35.5. The highest BCUT2D eigenvalue weighted by molar-refractivity contribution is 6.31. The van der Waals surface area contributed by atoms with Crippen molar-refractivity contribution < 1.29 is 13.6 Å². The fourth-order valence-corrected chi connectivity index (χ4v) is 3.11. The lowest BCUT2D eigenvalue weighted by Gasteiger charge is -2.25. The van der Waals surface area contributed by atoms with Crippen LogP contribution < -0.4 is 0 Å². The number of benzene rings is 2. The number of halogens is 3. The molecule has 28 heavy (non-hydrogen) atoms. The van der Waals surface area contributed by atoms with Gasteiger partial charge >= 0.3 is 0 Å². The smallest absolute Gasteiger partial charge is 0.254 e. The fourth-order valence-electron chi connectivity index (χ4n) is 3.00. The van der Waals surface area contributed by atoms with Crippen LogP contribution in [0, 0.1) is 25.5 Å². The lowest BCUT2D eigenvalue weighted by Crippen LogP contribution is -2.29. The second-order valence-corrected chi connectivity index (χ2v) is 7.09. The van der Waals surface area contributed by atoms with Gasteiger partial charge in [-0.25, -0.2) is 13.5 Å². The van der Waals surface area contributed by atoms with Gasteiger partial charge in [-0.1, -0.05) is 17.7 Å². The van der Waals surface area contributed by atoms with E-state index < -0.39 is 17.7 Å². The summed E-state index contributed by atoms with van der Waals surface area (Å²) in [5, 5.41) is 5.01. The zero-order valence-electron chi connectivity index (χ0n) is 16.0. The molecular formula is C21H20ClF2N3O. The molecule has 0 saturated carbocycles. The molecule has 146 valence electrons. The predicted octanol–water partition coefficient (Wildman–Crippen LogP) is 5.25. The first-order valence-corrected chi connectivity index (χ1v) is 9.12. The number of rotatable bonds is 4. The van der Waals surface area contributed by atoms with Crippen LogP contribution in [0.3, 0.4) is 0 Å². The maximum Gasteiger partial charge on any atom is 0.254 e. The topological polar surface area (TPSA) is 38.1 Å². The average molecular weight is 404 g/mol. The Balaban J connectivity index is 1.81. The summed E-state index contributed by atoms with van der Waals surface area (Å²) < 4.78 is 28.4. The van der Waals surface area contributed by atoms with Gasteiger partial charge in [0.25, 0.3) is 5.91 Å². The van der Waals surface area contributed by atoms with Gasteiger partial charge in [-0.15, -0.1) is 0 Å². The molecule has 1 aromatic heterocycles. The van der Waals surface area contributed by atoms with Crippen LogP contribution in [-0.4, -0.2) is 27.6 Å². The van der Waals surface area contributed by atoms with E-state index in [9.17, 15) is 13.6 Å². The van der Waals surface area contributed by atoms with Crippen molar-refractivity contribution in [3.8, 4) is 5.69 Å². The minimum Gasteiger partial charge on any atom is -0.335 e. The molecule has 0 bridgehead atoms. The third kappa shape index (κ3) is 3.64. The molecule has 3 rings (SSSR count). The number of aromatic nitrogens is 2. The van der Waals surface area contributed by atoms with Crippen molar-refractivity contribution in [1.82, 2.24) is 14.7 Å². The molecule has 0 fully saturated rings. The third-order valence-electron chi connectivity index (χ3n) is 4.89. The highest BCUT2D eigenvalue weighted by Crippen LogP contribution is 2.25. The minimum absolute atomic E-state index is 0.227. The number of aryl methyl sites for hydroxylation is 1. The molecular weight excluding hydrogens is 384 g/mol. The summed E-state index contributed by atoms with van der Waals surface area (Å²) in [7, 11) is 1.63. The largest absolute Gasteiger partial charge is 0.335 e. The molecule has 0 spiro atoms. The number of hydrogen-bond acceptors (Lipinski definition) is 2.